The minimum Gasteiger partial charge on any atom is -0.373 e. The summed E-state index contributed by atoms with van der Waals surface area (Å²) in [5, 5.41) is 3.03. The number of unbranched alkanes of at least 4 members (excludes halogenated alkanes) is 1. The van der Waals surface area contributed by atoms with Gasteiger partial charge in [-0.3, -0.25) is 9.69 Å². The van der Waals surface area contributed by atoms with E-state index in [0.29, 0.717) is 18.8 Å². The van der Waals surface area contributed by atoms with Crippen LogP contribution in [0.5, 0.6) is 0 Å². The summed E-state index contributed by atoms with van der Waals surface area (Å²) in [5.41, 5.74) is 7.21. The van der Waals surface area contributed by atoms with Crippen LogP contribution in [0.4, 0.5) is 0 Å². The Morgan fingerprint density at radius 2 is 1.88 bits per heavy atom. The van der Waals surface area contributed by atoms with Crippen LogP contribution in [0, 0.1) is 5.92 Å². The molecule has 0 radical (unpaired) electrons. The van der Waals surface area contributed by atoms with Gasteiger partial charge in [0.2, 0.25) is 5.91 Å². The first-order valence-corrected chi connectivity index (χ1v) is 9.43. The second-order valence-corrected chi connectivity index (χ2v) is 7.24. The summed E-state index contributed by atoms with van der Waals surface area (Å²) in [4.78, 5) is 14.7. The SMILES string of the molecule is CC1CN(CCCCNC(=O)C(C)C(N)c2ccccc2)CC(C)O1. The van der Waals surface area contributed by atoms with Crippen LogP contribution in [0.1, 0.15) is 45.2 Å². The second-order valence-electron chi connectivity index (χ2n) is 7.24. The average Bonchev–Trinajstić information content (AvgIpc) is 2.60. The predicted octanol–water partition coefficient (Wildman–Crippen LogP) is 2.33. The van der Waals surface area contributed by atoms with E-state index >= 15 is 0 Å². The van der Waals surface area contributed by atoms with Crippen LogP contribution in [0.25, 0.3) is 0 Å². The van der Waals surface area contributed by atoms with Crippen molar-refractivity contribution < 1.29 is 9.53 Å². The largest absolute Gasteiger partial charge is 0.373 e. The zero-order chi connectivity index (χ0) is 18.2. The second kappa shape index (κ2) is 9.90. The van der Waals surface area contributed by atoms with Crippen molar-refractivity contribution in [2.45, 2.75) is 51.9 Å². The van der Waals surface area contributed by atoms with E-state index in [-0.39, 0.29) is 17.9 Å². The normalized spacial score (nSPS) is 23.8. The van der Waals surface area contributed by atoms with E-state index in [1.54, 1.807) is 0 Å². The van der Waals surface area contributed by atoms with Gasteiger partial charge in [0.05, 0.1) is 18.1 Å². The molecule has 0 bridgehead atoms. The predicted molar refractivity (Wildman–Crippen MR) is 101 cm³/mol. The molecule has 1 fully saturated rings. The number of carbonyl (C=O) groups excluding carboxylic acids is 1. The Morgan fingerprint density at radius 3 is 2.52 bits per heavy atom. The van der Waals surface area contributed by atoms with Crippen molar-refractivity contribution in [2.75, 3.05) is 26.2 Å². The summed E-state index contributed by atoms with van der Waals surface area (Å²) in [7, 11) is 0. The molecule has 1 saturated heterocycles. The molecule has 0 aromatic heterocycles. The Morgan fingerprint density at radius 1 is 1.24 bits per heavy atom. The molecule has 5 heteroatoms. The molecule has 5 nitrogen and oxygen atoms in total. The molecule has 1 aromatic rings. The molecule has 3 N–H and O–H groups in total. The third-order valence-electron chi connectivity index (χ3n) is 4.83. The highest BCUT2D eigenvalue weighted by Gasteiger charge is 2.22. The minimum atomic E-state index is -0.266. The number of morpholine rings is 1. The van der Waals surface area contributed by atoms with Crippen LogP contribution >= 0.6 is 0 Å². The number of hydrogen-bond acceptors (Lipinski definition) is 4. The number of nitrogens with zero attached hydrogens (tertiary/aromatic N) is 1. The molecular formula is C20H33N3O2. The first-order chi connectivity index (χ1) is 12.0. The van der Waals surface area contributed by atoms with Gasteiger partial charge in [-0.25, -0.2) is 0 Å². The van der Waals surface area contributed by atoms with E-state index in [9.17, 15) is 4.79 Å². The highest BCUT2D eigenvalue weighted by Crippen LogP contribution is 2.19. The van der Waals surface area contributed by atoms with Gasteiger partial charge in [-0.15, -0.1) is 0 Å². The van der Waals surface area contributed by atoms with Gasteiger partial charge in [-0.05, 0) is 38.8 Å². The van der Waals surface area contributed by atoms with Crippen molar-refractivity contribution in [1.82, 2.24) is 10.2 Å². The highest BCUT2D eigenvalue weighted by molar-refractivity contribution is 5.79. The molecule has 1 aromatic carbocycles. The fourth-order valence-corrected chi connectivity index (χ4v) is 3.43. The summed E-state index contributed by atoms with van der Waals surface area (Å²) in [6, 6.07) is 9.53. The van der Waals surface area contributed by atoms with Crippen molar-refractivity contribution in [3.05, 3.63) is 35.9 Å². The van der Waals surface area contributed by atoms with Crippen molar-refractivity contribution in [3.63, 3.8) is 0 Å². The Hall–Kier alpha value is -1.43. The monoisotopic (exact) mass is 347 g/mol. The van der Waals surface area contributed by atoms with Gasteiger partial charge in [0.15, 0.2) is 0 Å². The fourth-order valence-electron chi connectivity index (χ4n) is 3.43. The molecule has 1 aliphatic rings. The fraction of sp³-hybridized carbons (Fsp3) is 0.650. The minimum absolute atomic E-state index is 0.0324. The summed E-state index contributed by atoms with van der Waals surface area (Å²) >= 11 is 0. The van der Waals surface area contributed by atoms with Crippen LogP contribution in [-0.2, 0) is 9.53 Å². The van der Waals surface area contributed by atoms with E-state index in [2.05, 4.69) is 24.1 Å². The number of nitrogens with two attached hydrogens (primary N) is 1. The van der Waals surface area contributed by atoms with Crippen LogP contribution in [0.2, 0.25) is 0 Å². The molecule has 4 atom stereocenters. The zero-order valence-corrected chi connectivity index (χ0v) is 15.8. The van der Waals surface area contributed by atoms with E-state index < -0.39 is 0 Å². The third kappa shape index (κ3) is 6.42. The lowest BCUT2D eigenvalue weighted by molar-refractivity contribution is -0.125. The number of rotatable bonds is 8. The molecule has 1 amide bonds. The van der Waals surface area contributed by atoms with Gasteiger partial charge in [0, 0.05) is 25.7 Å². The maximum atomic E-state index is 12.3. The summed E-state index contributed by atoms with van der Waals surface area (Å²) < 4.78 is 5.75. The maximum Gasteiger partial charge on any atom is 0.224 e. The number of carbonyl (C=O) groups is 1. The van der Waals surface area contributed by atoms with Crippen molar-refractivity contribution in [1.29, 1.82) is 0 Å². The summed E-state index contributed by atoms with van der Waals surface area (Å²) in [5.74, 6) is -0.201. The van der Waals surface area contributed by atoms with Crippen molar-refractivity contribution in [3.8, 4) is 0 Å². The van der Waals surface area contributed by atoms with Gasteiger partial charge in [0.25, 0.3) is 0 Å². The first kappa shape index (κ1) is 19.9. The van der Waals surface area contributed by atoms with Gasteiger partial charge in [0.1, 0.15) is 0 Å². The van der Waals surface area contributed by atoms with Crippen LogP contribution < -0.4 is 11.1 Å². The zero-order valence-electron chi connectivity index (χ0n) is 15.8. The molecule has 0 aliphatic carbocycles. The molecule has 0 spiro atoms. The molecular weight excluding hydrogens is 314 g/mol. The lowest BCUT2D eigenvalue weighted by Gasteiger charge is -2.35. The number of ether oxygens (including phenoxy) is 1. The van der Waals surface area contributed by atoms with E-state index in [1.165, 1.54) is 0 Å². The number of benzene rings is 1. The van der Waals surface area contributed by atoms with E-state index in [1.807, 2.05) is 37.3 Å². The Labute approximate surface area is 151 Å². The van der Waals surface area contributed by atoms with Crippen molar-refractivity contribution in [2.24, 2.45) is 11.7 Å². The molecule has 140 valence electrons. The van der Waals surface area contributed by atoms with E-state index in [4.69, 9.17) is 10.5 Å². The summed E-state index contributed by atoms with van der Waals surface area (Å²) in [6.07, 6.45) is 2.69. The van der Waals surface area contributed by atoms with Crippen LogP contribution in [0.3, 0.4) is 0 Å². The molecule has 4 unspecified atom stereocenters. The number of amides is 1. The Bertz CT molecular complexity index is 513. The molecule has 2 rings (SSSR count). The van der Waals surface area contributed by atoms with Gasteiger partial charge in [-0.1, -0.05) is 37.3 Å². The topological polar surface area (TPSA) is 67.6 Å². The molecule has 0 saturated carbocycles. The number of hydrogen-bond donors (Lipinski definition) is 2. The smallest absolute Gasteiger partial charge is 0.224 e. The van der Waals surface area contributed by atoms with Crippen LogP contribution in [-0.4, -0.2) is 49.2 Å². The van der Waals surface area contributed by atoms with Gasteiger partial charge >= 0.3 is 0 Å². The van der Waals surface area contributed by atoms with Crippen LogP contribution in [0.15, 0.2) is 30.3 Å². The van der Waals surface area contributed by atoms with E-state index in [0.717, 1.165) is 38.0 Å². The quantitative estimate of drug-likeness (QED) is 0.708. The van der Waals surface area contributed by atoms with Gasteiger partial charge in [-0.2, -0.15) is 0 Å². The summed E-state index contributed by atoms with van der Waals surface area (Å²) in [6.45, 7) is 9.91. The number of nitrogens with one attached hydrogen (secondary N) is 1. The molecule has 25 heavy (non-hydrogen) atoms. The lowest BCUT2D eigenvalue weighted by atomic mass is 9.94. The first-order valence-electron chi connectivity index (χ1n) is 9.43. The molecule has 1 aliphatic heterocycles. The average molecular weight is 348 g/mol. The Kier molecular flexibility index (Phi) is 7.88. The van der Waals surface area contributed by atoms with Crippen molar-refractivity contribution >= 4 is 5.91 Å². The lowest BCUT2D eigenvalue weighted by Crippen LogP contribution is -2.45. The third-order valence-corrected chi connectivity index (χ3v) is 4.83. The highest BCUT2D eigenvalue weighted by atomic mass is 16.5. The maximum absolute atomic E-state index is 12.3. The van der Waals surface area contributed by atoms with Gasteiger partial charge < -0.3 is 15.8 Å². The Balaban J connectivity index is 1.63. The standard InChI is InChI=1S/C20H33N3O2/c1-15-13-23(14-16(2)25-15)12-8-7-11-22-20(24)17(3)19(21)18-9-5-4-6-10-18/h4-6,9-10,15-17,19H,7-8,11-14,21H2,1-3H3,(H,22,24). The molecule has 1 heterocycles.